The molecule has 0 fully saturated rings. The molecule has 2 aromatic rings. The average Bonchev–Trinajstić information content (AvgIpc) is 2.71. The summed E-state index contributed by atoms with van der Waals surface area (Å²) in [5, 5.41) is 2.79. The van der Waals surface area contributed by atoms with Gasteiger partial charge >= 0.3 is 0 Å². The van der Waals surface area contributed by atoms with Crippen molar-refractivity contribution in [3.8, 4) is 11.5 Å². The van der Waals surface area contributed by atoms with Crippen LogP contribution in [0.2, 0.25) is 0 Å². The highest BCUT2D eigenvalue weighted by molar-refractivity contribution is 9.10. The molecule has 2 rings (SSSR count). The lowest BCUT2D eigenvalue weighted by atomic mass is 10.4. The smallest absolute Gasteiger partial charge is 0.265 e. The molecule has 17 heavy (non-hydrogen) atoms. The highest BCUT2D eigenvalue weighted by atomic mass is 79.9. The number of aromatic nitrogens is 3. The first kappa shape index (κ1) is 12.4. The number of ether oxygens (including phenoxy) is 1. The maximum absolute atomic E-state index is 11.7. The molecule has 7 heteroatoms. The van der Waals surface area contributed by atoms with Crippen molar-refractivity contribution in [3.63, 3.8) is 0 Å². The molecule has 0 radical (unpaired) electrons. The van der Waals surface area contributed by atoms with Gasteiger partial charge in [0.25, 0.3) is 5.56 Å². The van der Waals surface area contributed by atoms with Crippen molar-refractivity contribution in [2.75, 3.05) is 7.11 Å². The van der Waals surface area contributed by atoms with Crippen LogP contribution >= 0.6 is 27.3 Å². The van der Waals surface area contributed by atoms with Crippen LogP contribution in [0.15, 0.2) is 14.6 Å². The Morgan fingerprint density at radius 1 is 1.53 bits per heavy atom. The lowest BCUT2D eigenvalue weighted by molar-refractivity contribution is 0.180. The summed E-state index contributed by atoms with van der Waals surface area (Å²) in [6.07, 6.45) is 0. The predicted octanol–water partition coefficient (Wildman–Crippen LogP) is 2.11. The second kappa shape index (κ2) is 5.07. The Morgan fingerprint density at radius 3 is 2.88 bits per heavy atom. The molecule has 0 unspecified atom stereocenters. The molecule has 2 aromatic heterocycles. The highest BCUT2D eigenvalue weighted by Crippen LogP contribution is 2.19. The maximum atomic E-state index is 11.7. The van der Waals surface area contributed by atoms with E-state index in [2.05, 4.69) is 30.9 Å². The van der Waals surface area contributed by atoms with Gasteiger partial charge in [-0.15, -0.1) is 11.3 Å². The van der Waals surface area contributed by atoms with E-state index in [9.17, 15) is 4.79 Å². The lowest BCUT2D eigenvalue weighted by Crippen LogP contribution is -2.14. The Bertz CT molecular complexity index is 593. The minimum Gasteiger partial charge on any atom is -0.378 e. The Hall–Kier alpha value is -1.05. The van der Waals surface area contributed by atoms with Gasteiger partial charge < -0.3 is 9.72 Å². The molecule has 0 atom stereocenters. The fraction of sp³-hybridized carbons (Fsp3) is 0.300. The second-order valence-corrected chi connectivity index (χ2v) is 5.22. The molecule has 0 amide bonds. The fourth-order valence-electron chi connectivity index (χ4n) is 1.33. The first-order chi connectivity index (χ1) is 8.11. The van der Waals surface area contributed by atoms with Crippen molar-refractivity contribution < 1.29 is 4.74 Å². The molecule has 0 aliphatic carbocycles. The van der Waals surface area contributed by atoms with Crippen LogP contribution in [0.5, 0.6) is 0 Å². The zero-order valence-electron chi connectivity index (χ0n) is 9.28. The van der Waals surface area contributed by atoms with Crippen molar-refractivity contribution in [3.05, 3.63) is 30.9 Å². The van der Waals surface area contributed by atoms with Crippen LogP contribution in [-0.4, -0.2) is 22.1 Å². The average molecular weight is 316 g/mol. The molecular weight excluding hydrogens is 306 g/mol. The molecule has 0 spiro atoms. The number of hydrogen-bond acceptors (Lipinski definition) is 5. The van der Waals surface area contributed by atoms with Gasteiger partial charge in [0.2, 0.25) is 0 Å². The van der Waals surface area contributed by atoms with Gasteiger partial charge in [0, 0.05) is 12.5 Å². The third kappa shape index (κ3) is 2.62. The summed E-state index contributed by atoms with van der Waals surface area (Å²) in [6.45, 7) is 2.18. The van der Waals surface area contributed by atoms with Crippen molar-refractivity contribution >= 4 is 27.3 Å². The number of nitrogens with zero attached hydrogens (tertiary/aromatic N) is 2. The van der Waals surface area contributed by atoms with Gasteiger partial charge in [0.05, 0.1) is 17.3 Å². The van der Waals surface area contributed by atoms with Crippen LogP contribution in [0, 0.1) is 6.92 Å². The summed E-state index contributed by atoms with van der Waals surface area (Å²) in [5.74, 6) is 0.467. The number of nitrogens with one attached hydrogen (secondary N) is 1. The van der Waals surface area contributed by atoms with E-state index in [0.29, 0.717) is 21.7 Å². The molecule has 0 saturated carbocycles. The van der Waals surface area contributed by atoms with Gasteiger partial charge in [-0.3, -0.25) is 4.79 Å². The molecular formula is C10H10BrN3O2S. The number of halogens is 1. The normalized spacial score (nSPS) is 10.8. The van der Waals surface area contributed by atoms with E-state index in [1.54, 1.807) is 7.11 Å². The number of hydrogen-bond donors (Lipinski definition) is 1. The minimum absolute atomic E-state index is 0.229. The first-order valence-electron chi connectivity index (χ1n) is 4.82. The Kier molecular flexibility index (Phi) is 3.70. The Labute approximate surface area is 110 Å². The summed E-state index contributed by atoms with van der Waals surface area (Å²) >= 11 is 4.70. The van der Waals surface area contributed by atoms with Crippen LogP contribution in [0.1, 0.15) is 10.7 Å². The first-order valence-corrected chi connectivity index (χ1v) is 6.49. The van der Waals surface area contributed by atoms with Crippen LogP contribution in [0.3, 0.4) is 0 Å². The summed E-state index contributed by atoms with van der Waals surface area (Å²) in [7, 11) is 1.56. The zero-order chi connectivity index (χ0) is 12.4. The summed E-state index contributed by atoms with van der Waals surface area (Å²) < 4.78 is 5.39. The van der Waals surface area contributed by atoms with Crippen LogP contribution in [0.4, 0.5) is 0 Å². The molecule has 0 bridgehead atoms. The topological polar surface area (TPSA) is 67.9 Å². The molecule has 0 aliphatic rings. The van der Waals surface area contributed by atoms with Gasteiger partial charge in [-0.05, 0) is 22.9 Å². The highest BCUT2D eigenvalue weighted by Gasteiger charge is 2.11. The summed E-state index contributed by atoms with van der Waals surface area (Å²) in [6, 6.07) is 0. The van der Waals surface area contributed by atoms with Gasteiger partial charge in [0.1, 0.15) is 10.2 Å². The van der Waals surface area contributed by atoms with E-state index in [-0.39, 0.29) is 12.2 Å². The third-order valence-corrected chi connectivity index (χ3v) is 3.67. The van der Waals surface area contributed by atoms with Crippen LogP contribution in [0.25, 0.3) is 11.5 Å². The lowest BCUT2D eigenvalue weighted by Gasteiger charge is -2.03. The standard InChI is InChI=1S/C10H10BrN3O2S/c1-5-12-7(4-17-5)9-13-6(3-16-2)8(11)10(15)14-9/h4H,3H2,1-2H3,(H,13,14,15). The zero-order valence-corrected chi connectivity index (χ0v) is 11.7. The Morgan fingerprint density at radius 2 is 2.29 bits per heavy atom. The number of aromatic amines is 1. The van der Waals surface area contributed by atoms with E-state index >= 15 is 0 Å². The number of rotatable bonds is 3. The second-order valence-electron chi connectivity index (χ2n) is 3.36. The van der Waals surface area contributed by atoms with E-state index in [0.717, 1.165) is 5.01 Å². The van der Waals surface area contributed by atoms with Gasteiger partial charge in [-0.25, -0.2) is 9.97 Å². The fourth-order valence-corrected chi connectivity index (χ4v) is 2.23. The maximum Gasteiger partial charge on any atom is 0.265 e. The monoisotopic (exact) mass is 315 g/mol. The number of H-pyrrole nitrogens is 1. The molecule has 5 nitrogen and oxygen atoms in total. The summed E-state index contributed by atoms with van der Waals surface area (Å²) in [4.78, 5) is 23.0. The number of thiazole rings is 1. The molecule has 0 aliphatic heterocycles. The minimum atomic E-state index is -0.229. The van der Waals surface area contributed by atoms with Gasteiger partial charge in [-0.1, -0.05) is 0 Å². The van der Waals surface area contributed by atoms with Crippen molar-refractivity contribution in [2.24, 2.45) is 0 Å². The predicted molar refractivity (Wildman–Crippen MR) is 69.1 cm³/mol. The van der Waals surface area contributed by atoms with Crippen molar-refractivity contribution in [1.82, 2.24) is 15.0 Å². The van der Waals surface area contributed by atoms with Crippen molar-refractivity contribution in [2.45, 2.75) is 13.5 Å². The quantitative estimate of drug-likeness (QED) is 0.942. The molecule has 1 N–H and O–H groups in total. The number of aryl methyl sites for hydroxylation is 1. The van der Waals surface area contributed by atoms with Crippen LogP contribution in [-0.2, 0) is 11.3 Å². The van der Waals surface area contributed by atoms with E-state index in [4.69, 9.17) is 4.74 Å². The molecule has 90 valence electrons. The van der Waals surface area contributed by atoms with E-state index < -0.39 is 0 Å². The van der Waals surface area contributed by atoms with E-state index in [1.165, 1.54) is 11.3 Å². The molecule has 0 saturated heterocycles. The SMILES string of the molecule is COCc1nc(-c2csc(C)n2)[nH]c(=O)c1Br. The largest absolute Gasteiger partial charge is 0.378 e. The van der Waals surface area contributed by atoms with Crippen LogP contribution < -0.4 is 5.56 Å². The Balaban J connectivity index is 2.52. The van der Waals surface area contributed by atoms with E-state index in [1.807, 2.05) is 12.3 Å². The van der Waals surface area contributed by atoms with Gasteiger partial charge in [-0.2, -0.15) is 0 Å². The van der Waals surface area contributed by atoms with Gasteiger partial charge in [0.15, 0.2) is 5.82 Å². The number of methoxy groups -OCH3 is 1. The molecule has 0 aromatic carbocycles. The summed E-state index contributed by atoms with van der Waals surface area (Å²) in [5.41, 5.74) is 1.01. The van der Waals surface area contributed by atoms with Crippen molar-refractivity contribution in [1.29, 1.82) is 0 Å². The third-order valence-electron chi connectivity index (χ3n) is 2.07. The molecule has 2 heterocycles.